The molecular weight excluding hydrogens is 490 g/mol. The van der Waals surface area contributed by atoms with Crippen molar-refractivity contribution < 1.29 is 23.8 Å². The largest absolute Gasteiger partial charge is 0.507 e. The third-order valence-electron chi connectivity index (χ3n) is 6.74. The number of carbonyl (C=O) groups is 2. The molecule has 0 saturated heterocycles. The first-order valence-electron chi connectivity index (χ1n) is 13.2. The summed E-state index contributed by atoms with van der Waals surface area (Å²) in [5, 5.41) is 13.0. The zero-order valence-electron chi connectivity index (χ0n) is 22.7. The molecule has 3 atom stereocenters. The van der Waals surface area contributed by atoms with E-state index in [1.165, 1.54) is 54.8 Å². The van der Waals surface area contributed by atoms with Gasteiger partial charge in [0.15, 0.2) is 5.78 Å². The molecule has 37 heavy (non-hydrogen) atoms. The molecule has 204 valence electrons. The Kier molecular flexibility index (Phi) is 12.6. The van der Waals surface area contributed by atoms with Crippen molar-refractivity contribution >= 4 is 23.2 Å². The van der Waals surface area contributed by atoms with E-state index in [0.717, 1.165) is 12.8 Å². The summed E-state index contributed by atoms with van der Waals surface area (Å²) in [4.78, 5) is 39.5. The quantitative estimate of drug-likeness (QED) is 0.190. The highest BCUT2D eigenvalue weighted by molar-refractivity contribution is 7.12. The summed E-state index contributed by atoms with van der Waals surface area (Å²) in [6, 6.07) is 5.68. The van der Waals surface area contributed by atoms with E-state index >= 15 is 0 Å². The first-order chi connectivity index (χ1) is 17.7. The summed E-state index contributed by atoms with van der Waals surface area (Å²) in [5.41, 5.74) is -1.08. The fourth-order valence-corrected chi connectivity index (χ4v) is 5.30. The van der Waals surface area contributed by atoms with E-state index in [1.807, 2.05) is 13.8 Å². The van der Waals surface area contributed by atoms with Gasteiger partial charge in [-0.3, -0.25) is 10.1 Å². The number of aryl methyl sites for hydroxylation is 1. The second-order valence-electron chi connectivity index (χ2n) is 9.73. The van der Waals surface area contributed by atoms with Gasteiger partial charge < -0.3 is 14.3 Å². The fraction of sp³-hybridized carbons (Fsp3) is 0.552. The van der Waals surface area contributed by atoms with Crippen molar-refractivity contribution in [2.45, 2.75) is 85.0 Å². The number of alkyl carbamates (subject to hydrolysis) is 1. The molecule has 0 saturated carbocycles. The third kappa shape index (κ3) is 9.50. The monoisotopic (exact) mass is 531 g/mol. The van der Waals surface area contributed by atoms with E-state index in [4.69, 9.17) is 4.42 Å². The zero-order chi connectivity index (χ0) is 27.4. The molecule has 0 radical (unpaired) electrons. The Morgan fingerprint density at radius 3 is 2.57 bits per heavy atom. The van der Waals surface area contributed by atoms with Crippen LogP contribution in [-0.2, 0) is 17.6 Å². The molecule has 2 N–H and O–H groups in total. The molecule has 0 aliphatic rings. The van der Waals surface area contributed by atoms with Gasteiger partial charge in [-0.2, -0.15) is 0 Å². The van der Waals surface area contributed by atoms with Gasteiger partial charge in [-0.1, -0.05) is 53.0 Å². The Labute approximate surface area is 223 Å². The standard InChI is InChI=1S/C29H41NO6S/c1-6-7-8-9-13-22-14-15-23(37-22)17-20(3)21(4)27(32)26-24(31)18-25(36-28(26)33)19(2)12-10-11-16-30-29(34)35-5/h11,14-16,18-21,31H,6-10,12-13,17H2,1-5H3,(H,30,34)/b16-11+/t19?,20-,21?/m0/s1. The molecule has 0 spiro atoms. The van der Waals surface area contributed by atoms with Crippen LogP contribution in [0.4, 0.5) is 4.79 Å². The van der Waals surface area contributed by atoms with Crippen molar-refractivity contribution in [3.8, 4) is 5.75 Å². The molecule has 7 nitrogen and oxygen atoms in total. The summed E-state index contributed by atoms with van der Waals surface area (Å²) in [6.45, 7) is 7.88. The predicted octanol–water partition coefficient (Wildman–Crippen LogP) is 6.98. The Morgan fingerprint density at radius 1 is 1.16 bits per heavy atom. The van der Waals surface area contributed by atoms with Crippen molar-refractivity contribution in [3.05, 3.63) is 62.0 Å². The Bertz CT molecular complexity index is 1100. The molecule has 2 rings (SSSR count). The number of hydrogen-bond acceptors (Lipinski definition) is 7. The van der Waals surface area contributed by atoms with Gasteiger partial charge in [0, 0.05) is 33.9 Å². The van der Waals surface area contributed by atoms with Crippen LogP contribution in [0.3, 0.4) is 0 Å². The van der Waals surface area contributed by atoms with Gasteiger partial charge in [0.25, 0.3) is 0 Å². The summed E-state index contributed by atoms with van der Waals surface area (Å²) in [5.74, 6) is -1.03. The molecule has 0 bridgehead atoms. The van der Waals surface area contributed by atoms with Crippen molar-refractivity contribution in [2.24, 2.45) is 11.8 Å². The average Bonchev–Trinajstić information content (AvgIpc) is 3.31. The van der Waals surface area contributed by atoms with E-state index in [9.17, 15) is 19.5 Å². The van der Waals surface area contributed by atoms with Gasteiger partial charge in [-0.25, -0.2) is 9.59 Å². The molecule has 0 aromatic carbocycles. The summed E-state index contributed by atoms with van der Waals surface area (Å²) in [7, 11) is 1.28. The lowest BCUT2D eigenvalue weighted by molar-refractivity contribution is 0.0885. The predicted molar refractivity (Wildman–Crippen MR) is 147 cm³/mol. The molecule has 2 unspecified atom stereocenters. The topological polar surface area (TPSA) is 106 Å². The van der Waals surface area contributed by atoms with Crippen LogP contribution in [0.1, 0.15) is 98.0 Å². The van der Waals surface area contributed by atoms with Crippen molar-refractivity contribution in [1.82, 2.24) is 5.32 Å². The number of Topliss-reactive ketones (excluding diaryl/α,β-unsaturated/α-hetero) is 1. The lowest BCUT2D eigenvalue weighted by atomic mass is 9.86. The number of ether oxygens (including phenoxy) is 1. The van der Waals surface area contributed by atoms with Gasteiger partial charge in [-0.15, -0.1) is 11.3 Å². The number of allylic oxidation sites excluding steroid dienone is 1. The van der Waals surface area contributed by atoms with Gasteiger partial charge in [0.2, 0.25) is 0 Å². The molecule has 1 amide bonds. The number of hydrogen-bond donors (Lipinski definition) is 2. The highest BCUT2D eigenvalue weighted by Crippen LogP contribution is 2.29. The molecule has 8 heteroatoms. The van der Waals surface area contributed by atoms with Crippen LogP contribution in [0.25, 0.3) is 0 Å². The van der Waals surface area contributed by atoms with Gasteiger partial charge >= 0.3 is 11.7 Å². The van der Waals surface area contributed by atoms with Crippen LogP contribution in [0, 0.1) is 11.8 Å². The minimum Gasteiger partial charge on any atom is -0.507 e. The van der Waals surface area contributed by atoms with Crippen LogP contribution >= 0.6 is 11.3 Å². The molecule has 0 fully saturated rings. The number of thiophene rings is 1. The maximum Gasteiger partial charge on any atom is 0.410 e. The third-order valence-corrected chi connectivity index (χ3v) is 7.90. The Morgan fingerprint density at radius 2 is 1.89 bits per heavy atom. The molecular formula is C29H41NO6S. The van der Waals surface area contributed by atoms with Crippen LogP contribution in [0.15, 0.2) is 39.7 Å². The zero-order valence-corrected chi connectivity index (χ0v) is 23.5. The van der Waals surface area contributed by atoms with E-state index in [1.54, 1.807) is 24.3 Å². The maximum absolute atomic E-state index is 13.2. The number of aromatic hydroxyl groups is 1. The second-order valence-corrected chi connectivity index (χ2v) is 11.0. The Balaban J connectivity index is 1.98. The SMILES string of the molecule is CCCCCCc1ccc(C[C@H](C)C(C)C(=O)c2c(O)cc(C(C)CC/C=C/NC(=O)OC)oc2=O)s1. The van der Waals surface area contributed by atoms with Crippen LogP contribution in [0.2, 0.25) is 0 Å². The summed E-state index contributed by atoms with van der Waals surface area (Å²) < 4.78 is 9.92. The van der Waals surface area contributed by atoms with Gasteiger partial charge in [-0.05, 0) is 50.2 Å². The van der Waals surface area contributed by atoms with Gasteiger partial charge in [0.1, 0.15) is 17.1 Å². The molecule has 0 aliphatic heterocycles. The minimum absolute atomic E-state index is 0.00174. The number of ketones is 1. The van der Waals surface area contributed by atoms with Crippen molar-refractivity contribution in [3.63, 3.8) is 0 Å². The summed E-state index contributed by atoms with van der Waals surface area (Å²) in [6.07, 6.45) is 10.7. The maximum atomic E-state index is 13.2. The number of amides is 1. The lowest BCUT2D eigenvalue weighted by Crippen LogP contribution is -2.26. The first kappa shape index (κ1) is 30.4. The van der Waals surface area contributed by atoms with E-state index in [0.29, 0.717) is 18.6 Å². The smallest absolute Gasteiger partial charge is 0.410 e. The van der Waals surface area contributed by atoms with Crippen molar-refractivity contribution in [1.29, 1.82) is 0 Å². The van der Waals surface area contributed by atoms with E-state index < -0.39 is 23.4 Å². The number of unbranched alkanes of at least 4 members (excludes halogenated alkanes) is 3. The normalized spacial score (nSPS) is 13.9. The number of methoxy groups -OCH3 is 1. The van der Waals surface area contributed by atoms with Crippen LogP contribution in [-0.4, -0.2) is 24.1 Å². The summed E-state index contributed by atoms with van der Waals surface area (Å²) >= 11 is 1.79. The average molecular weight is 532 g/mol. The van der Waals surface area contributed by atoms with E-state index in [2.05, 4.69) is 29.1 Å². The fourth-order valence-electron chi connectivity index (χ4n) is 4.10. The van der Waals surface area contributed by atoms with Crippen molar-refractivity contribution in [2.75, 3.05) is 7.11 Å². The highest BCUT2D eigenvalue weighted by atomic mass is 32.1. The van der Waals surface area contributed by atoms with Crippen LogP contribution in [0.5, 0.6) is 5.75 Å². The number of rotatable bonds is 15. The molecule has 0 aliphatic carbocycles. The second kappa shape index (κ2) is 15.4. The molecule has 2 aromatic heterocycles. The molecule has 2 aromatic rings. The van der Waals surface area contributed by atoms with E-state index in [-0.39, 0.29) is 23.1 Å². The molecule has 2 heterocycles. The number of carbonyl (C=O) groups excluding carboxylic acids is 2. The minimum atomic E-state index is -0.806. The number of nitrogens with one attached hydrogen (secondary N) is 1. The van der Waals surface area contributed by atoms with Gasteiger partial charge in [0.05, 0.1) is 7.11 Å². The van der Waals surface area contributed by atoms with Crippen LogP contribution < -0.4 is 10.9 Å². The lowest BCUT2D eigenvalue weighted by Gasteiger charge is -2.18. The Hall–Kier alpha value is -2.87. The highest BCUT2D eigenvalue weighted by Gasteiger charge is 2.28. The first-order valence-corrected chi connectivity index (χ1v) is 14.0.